The molecule has 2 aliphatic rings. The number of piperidine rings is 1. The number of hydrogen-bond donors (Lipinski definition) is 0. The highest BCUT2D eigenvalue weighted by atomic mass is 16.6. The van der Waals surface area contributed by atoms with Crippen molar-refractivity contribution in [3.05, 3.63) is 72.4 Å². The van der Waals surface area contributed by atoms with Gasteiger partial charge in [0.05, 0.1) is 12.1 Å². The maximum Gasteiger partial charge on any atom is 0.410 e. The van der Waals surface area contributed by atoms with Crippen molar-refractivity contribution in [3.8, 4) is 0 Å². The molecule has 2 fully saturated rings. The molecule has 0 N–H and O–H groups in total. The van der Waals surface area contributed by atoms with E-state index in [0.29, 0.717) is 13.1 Å². The minimum Gasteiger partial charge on any atom is -0.444 e. The summed E-state index contributed by atoms with van der Waals surface area (Å²) in [6.07, 6.45) is 9.91. The molecule has 33 heavy (non-hydrogen) atoms. The third-order valence-corrected chi connectivity index (χ3v) is 6.71. The first-order valence-corrected chi connectivity index (χ1v) is 12.0. The second-order valence-corrected chi connectivity index (χ2v) is 10.2. The summed E-state index contributed by atoms with van der Waals surface area (Å²) >= 11 is 0. The van der Waals surface area contributed by atoms with E-state index in [9.17, 15) is 4.79 Å². The second kappa shape index (κ2) is 10.7. The Morgan fingerprint density at radius 2 is 1.94 bits per heavy atom. The van der Waals surface area contributed by atoms with E-state index in [1.54, 1.807) is 7.11 Å². The summed E-state index contributed by atoms with van der Waals surface area (Å²) in [5.74, 6) is 0. The van der Waals surface area contributed by atoms with Crippen LogP contribution in [0.5, 0.6) is 0 Å². The average Bonchev–Trinajstić information content (AvgIpc) is 3.19. The summed E-state index contributed by atoms with van der Waals surface area (Å²) in [6.45, 7) is 15.0. The van der Waals surface area contributed by atoms with Gasteiger partial charge in [-0.05, 0) is 58.2 Å². The van der Waals surface area contributed by atoms with Crippen LogP contribution in [0, 0.1) is 5.41 Å². The molecule has 0 bridgehead atoms. The molecule has 1 aromatic rings. The van der Waals surface area contributed by atoms with Crippen molar-refractivity contribution in [2.45, 2.75) is 58.3 Å². The van der Waals surface area contributed by atoms with Crippen molar-refractivity contribution in [3.63, 3.8) is 0 Å². The third kappa shape index (κ3) is 5.96. The van der Waals surface area contributed by atoms with Crippen molar-refractivity contribution < 1.29 is 14.3 Å². The molecule has 0 aromatic heterocycles. The van der Waals surface area contributed by atoms with Gasteiger partial charge in [0.1, 0.15) is 5.60 Å². The van der Waals surface area contributed by atoms with E-state index in [0.717, 1.165) is 25.9 Å². The highest BCUT2D eigenvalue weighted by molar-refractivity contribution is 5.68. The van der Waals surface area contributed by atoms with E-state index >= 15 is 0 Å². The predicted octanol–water partition coefficient (Wildman–Crippen LogP) is 5.76. The Morgan fingerprint density at radius 3 is 2.55 bits per heavy atom. The van der Waals surface area contributed by atoms with Crippen LogP contribution in [-0.4, -0.2) is 60.9 Å². The standard InChI is InChI=1S/C28H40N2O3/c1-7-9-13-22(8-2)25(23-14-11-10-12-15-23)29-19-17-28(20-29)21-30(18-16-24(28)32-6)26(31)33-27(3,4)5/h7-15,24-25H,2,16-21H2,1,3-6H3/b9-7-,22-13+. The SMILES string of the molecule is C=C/C(=C\C=C/C)C(c1ccccc1)N1CCC2(CN(C(=O)OC(C)(C)C)CCC2OC)C1. The molecule has 0 aliphatic carbocycles. The molecule has 2 heterocycles. The molecule has 0 saturated carbocycles. The van der Waals surface area contributed by atoms with Gasteiger partial charge in [0.2, 0.25) is 0 Å². The van der Waals surface area contributed by atoms with Crippen molar-refractivity contribution in [2.24, 2.45) is 5.41 Å². The molecule has 1 aromatic carbocycles. The average molecular weight is 453 g/mol. The number of likely N-dealkylation sites (tertiary alicyclic amines) is 2. The molecule has 3 rings (SSSR count). The Kier molecular flexibility index (Phi) is 8.19. The lowest BCUT2D eigenvalue weighted by Gasteiger charge is -2.46. The van der Waals surface area contributed by atoms with Crippen molar-refractivity contribution in [2.75, 3.05) is 33.3 Å². The van der Waals surface area contributed by atoms with Crippen molar-refractivity contribution >= 4 is 6.09 Å². The Balaban J connectivity index is 1.89. The lowest BCUT2D eigenvalue weighted by molar-refractivity contribution is -0.0690. The molecular formula is C28H40N2O3. The number of amides is 1. The van der Waals surface area contributed by atoms with Crippen LogP contribution in [0.2, 0.25) is 0 Å². The molecular weight excluding hydrogens is 412 g/mol. The summed E-state index contributed by atoms with van der Waals surface area (Å²) in [5.41, 5.74) is 1.80. The van der Waals surface area contributed by atoms with E-state index in [1.165, 1.54) is 11.1 Å². The van der Waals surface area contributed by atoms with Crippen LogP contribution < -0.4 is 0 Å². The maximum atomic E-state index is 12.9. The number of hydrogen-bond acceptors (Lipinski definition) is 4. The fourth-order valence-electron chi connectivity index (χ4n) is 5.26. The van der Waals surface area contributed by atoms with Crippen LogP contribution >= 0.6 is 0 Å². The summed E-state index contributed by atoms with van der Waals surface area (Å²) in [5, 5.41) is 0. The second-order valence-electron chi connectivity index (χ2n) is 10.2. The predicted molar refractivity (Wildman–Crippen MR) is 134 cm³/mol. The molecule has 1 amide bonds. The number of allylic oxidation sites excluding steroid dienone is 3. The largest absolute Gasteiger partial charge is 0.444 e. The summed E-state index contributed by atoms with van der Waals surface area (Å²) < 4.78 is 11.7. The van der Waals surface area contributed by atoms with Crippen LogP contribution in [0.1, 0.15) is 52.1 Å². The maximum absolute atomic E-state index is 12.9. The Labute approximate surface area is 199 Å². The van der Waals surface area contributed by atoms with Gasteiger partial charge in [-0.15, -0.1) is 0 Å². The van der Waals surface area contributed by atoms with E-state index < -0.39 is 5.60 Å². The number of rotatable bonds is 6. The van der Waals surface area contributed by atoms with Gasteiger partial charge in [0.15, 0.2) is 0 Å². The first-order valence-electron chi connectivity index (χ1n) is 12.0. The smallest absolute Gasteiger partial charge is 0.410 e. The Bertz CT molecular complexity index is 871. The lowest BCUT2D eigenvalue weighted by atomic mass is 9.76. The zero-order chi connectivity index (χ0) is 24.1. The minimum atomic E-state index is -0.501. The van der Waals surface area contributed by atoms with Crippen LogP contribution in [0.15, 0.2) is 66.8 Å². The van der Waals surface area contributed by atoms with E-state index in [-0.39, 0.29) is 23.7 Å². The molecule has 5 nitrogen and oxygen atoms in total. The molecule has 180 valence electrons. The quantitative estimate of drug-likeness (QED) is 0.514. The van der Waals surface area contributed by atoms with Gasteiger partial charge in [0, 0.05) is 32.2 Å². The molecule has 3 unspecified atom stereocenters. The normalized spacial score (nSPS) is 25.5. The van der Waals surface area contributed by atoms with Gasteiger partial charge in [0.25, 0.3) is 0 Å². The number of carbonyl (C=O) groups excluding carboxylic acids is 1. The molecule has 2 saturated heterocycles. The summed E-state index contributed by atoms with van der Waals surface area (Å²) in [6, 6.07) is 10.7. The van der Waals surface area contributed by atoms with Gasteiger partial charge < -0.3 is 14.4 Å². The van der Waals surface area contributed by atoms with Gasteiger partial charge in [-0.2, -0.15) is 0 Å². The monoisotopic (exact) mass is 452 g/mol. The number of methoxy groups -OCH3 is 1. The van der Waals surface area contributed by atoms with Crippen LogP contribution in [0.25, 0.3) is 0 Å². The van der Waals surface area contributed by atoms with Gasteiger partial charge >= 0.3 is 6.09 Å². The van der Waals surface area contributed by atoms with Crippen LogP contribution in [0.4, 0.5) is 4.79 Å². The van der Waals surface area contributed by atoms with E-state index in [2.05, 4.69) is 54.0 Å². The third-order valence-electron chi connectivity index (χ3n) is 6.71. The van der Waals surface area contributed by atoms with Crippen LogP contribution in [0.3, 0.4) is 0 Å². The zero-order valence-electron chi connectivity index (χ0n) is 20.9. The van der Waals surface area contributed by atoms with Crippen molar-refractivity contribution in [1.82, 2.24) is 9.80 Å². The van der Waals surface area contributed by atoms with Gasteiger partial charge in [-0.1, -0.05) is 61.2 Å². The Hall–Kier alpha value is -2.37. The summed E-state index contributed by atoms with van der Waals surface area (Å²) in [7, 11) is 1.80. The van der Waals surface area contributed by atoms with E-state index in [4.69, 9.17) is 9.47 Å². The number of carbonyl (C=O) groups is 1. The lowest BCUT2D eigenvalue weighted by Crippen LogP contribution is -2.56. The van der Waals surface area contributed by atoms with Gasteiger partial charge in [-0.3, -0.25) is 4.90 Å². The zero-order valence-corrected chi connectivity index (χ0v) is 20.9. The van der Waals surface area contributed by atoms with Crippen molar-refractivity contribution in [1.29, 1.82) is 0 Å². The number of ether oxygens (including phenoxy) is 2. The highest BCUT2D eigenvalue weighted by Crippen LogP contribution is 2.45. The molecule has 0 radical (unpaired) electrons. The fourth-order valence-corrected chi connectivity index (χ4v) is 5.26. The van der Waals surface area contributed by atoms with Crippen LogP contribution in [-0.2, 0) is 9.47 Å². The molecule has 2 aliphatic heterocycles. The highest BCUT2D eigenvalue weighted by Gasteiger charge is 2.51. The molecule has 3 atom stereocenters. The van der Waals surface area contributed by atoms with Gasteiger partial charge in [-0.25, -0.2) is 4.79 Å². The Morgan fingerprint density at radius 1 is 1.21 bits per heavy atom. The minimum absolute atomic E-state index is 0.105. The fraction of sp³-hybridized carbons (Fsp3) is 0.536. The molecule has 1 spiro atoms. The first-order chi connectivity index (χ1) is 15.7. The van der Waals surface area contributed by atoms with E-state index in [1.807, 2.05) is 44.7 Å². The number of nitrogens with zero attached hydrogens (tertiary/aromatic N) is 2. The first kappa shape index (κ1) is 25.3. The summed E-state index contributed by atoms with van der Waals surface area (Å²) in [4.78, 5) is 17.3. The molecule has 5 heteroatoms. The number of benzene rings is 1. The topological polar surface area (TPSA) is 42.0 Å².